The van der Waals surface area contributed by atoms with Crippen molar-refractivity contribution in [2.24, 2.45) is 0 Å². The summed E-state index contributed by atoms with van der Waals surface area (Å²) in [5.41, 5.74) is 0. The van der Waals surface area contributed by atoms with E-state index in [9.17, 15) is 5.11 Å². The van der Waals surface area contributed by atoms with Gasteiger partial charge in [-0.15, -0.1) is 0 Å². The van der Waals surface area contributed by atoms with Gasteiger partial charge in [-0.25, -0.2) is 0 Å². The first-order valence-corrected chi connectivity index (χ1v) is 8.26. The highest BCUT2D eigenvalue weighted by atomic mass is 16.5. The number of ether oxygens (including phenoxy) is 1. The number of aliphatic hydroxyl groups excluding tert-OH is 2. The van der Waals surface area contributed by atoms with Crippen LogP contribution in [0.1, 0.15) is 58.3 Å². The molecule has 0 spiro atoms. The normalized spacial score (nSPS) is 13.1. The molecule has 0 aliphatic heterocycles. The molecule has 4 heteroatoms. The Morgan fingerprint density at radius 3 is 2.20 bits per heavy atom. The molecule has 0 fully saturated rings. The highest BCUT2D eigenvalue weighted by Crippen LogP contribution is 2.08. The lowest BCUT2D eigenvalue weighted by atomic mass is 10.1. The molecule has 4 nitrogen and oxygen atoms in total. The predicted octanol–water partition coefficient (Wildman–Crippen LogP) is 2.43. The third-order valence-corrected chi connectivity index (χ3v) is 3.46. The maximum absolute atomic E-state index is 9.72. The van der Waals surface area contributed by atoms with Crippen molar-refractivity contribution >= 4 is 0 Å². The molecule has 0 radical (unpaired) electrons. The van der Waals surface area contributed by atoms with Gasteiger partial charge in [-0.3, -0.25) is 0 Å². The molecule has 0 saturated heterocycles. The summed E-state index contributed by atoms with van der Waals surface area (Å²) in [5.74, 6) is 0. The maximum atomic E-state index is 9.72. The minimum absolute atomic E-state index is 0.127. The van der Waals surface area contributed by atoms with Crippen molar-refractivity contribution in [2.45, 2.75) is 64.4 Å². The van der Waals surface area contributed by atoms with E-state index in [-0.39, 0.29) is 6.61 Å². The van der Waals surface area contributed by atoms with E-state index in [4.69, 9.17) is 9.84 Å². The van der Waals surface area contributed by atoms with Gasteiger partial charge in [0.25, 0.3) is 0 Å². The molecule has 0 aromatic rings. The summed E-state index contributed by atoms with van der Waals surface area (Å²) >= 11 is 0. The number of unbranched alkanes of at least 4 members (excludes halogenated alkanes) is 7. The van der Waals surface area contributed by atoms with Crippen LogP contribution in [0.2, 0.25) is 0 Å². The summed E-state index contributed by atoms with van der Waals surface area (Å²) in [4.78, 5) is 1.91. The zero-order valence-corrected chi connectivity index (χ0v) is 13.5. The van der Waals surface area contributed by atoms with Gasteiger partial charge >= 0.3 is 0 Å². The number of hydrogen-bond acceptors (Lipinski definition) is 4. The molecular weight excluding hydrogens is 254 g/mol. The summed E-state index contributed by atoms with van der Waals surface area (Å²) in [6, 6.07) is 0. The first kappa shape index (κ1) is 19.8. The summed E-state index contributed by atoms with van der Waals surface area (Å²) in [5, 5.41) is 18.5. The fourth-order valence-electron chi connectivity index (χ4n) is 2.23. The molecule has 122 valence electrons. The van der Waals surface area contributed by atoms with Gasteiger partial charge in [0.1, 0.15) is 0 Å². The molecule has 2 N–H and O–H groups in total. The number of nitrogens with zero attached hydrogens (tertiary/aromatic N) is 1. The Kier molecular flexibility index (Phi) is 15.1. The van der Waals surface area contributed by atoms with Crippen LogP contribution in [0.25, 0.3) is 0 Å². The Hall–Kier alpha value is -0.160. The van der Waals surface area contributed by atoms with E-state index in [1.54, 1.807) is 0 Å². The molecule has 0 aliphatic rings. The Morgan fingerprint density at radius 1 is 1.00 bits per heavy atom. The van der Waals surface area contributed by atoms with Crippen LogP contribution in [0.15, 0.2) is 0 Å². The van der Waals surface area contributed by atoms with E-state index in [0.29, 0.717) is 19.7 Å². The average Bonchev–Trinajstić information content (AvgIpc) is 2.41. The summed E-state index contributed by atoms with van der Waals surface area (Å²) in [6.45, 7) is 4.66. The minimum Gasteiger partial charge on any atom is -0.395 e. The molecule has 0 aromatic carbocycles. The molecule has 1 atom stereocenters. The van der Waals surface area contributed by atoms with Crippen LogP contribution in [0.4, 0.5) is 0 Å². The molecule has 0 heterocycles. The van der Waals surface area contributed by atoms with E-state index in [1.807, 2.05) is 11.9 Å². The predicted molar refractivity (Wildman–Crippen MR) is 84.0 cm³/mol. The van der Waals surface area contributed by atoms with Crippen LogP contribution in [0, 0.1) is 0 Å². The second kappa shape index (κ2) is 15.2. The Bertz CT molecular complexity index is 191. The van der Waals surface area contributed by atoms with Crippen LogP contribution < -0.4 is 0 Å². The number of rotatable bonds is 15. The molecule has 0 aliphatic carbocycles. The maximum Gasteiger partial charge on any atom is 0.0900 e. The van der Waals surface area contributed by atoms with Crippen molar-refractivity contribution in [3.63, 3.8) is 0 Å². The third kappa shape index (κ3) is 14.3. The molecule has 0 amide bonds. The first-order chi connectivity index (χ1) is 9.70. The molecule has 0 rings (SSSR count). The summed E-state index contributed by atoms with van der Waals surface area (Å²) < 4.78 is 5.48. The van der Waals surface area contributed by atoms with Crippen molar-refractivity contribution in [2.75, 3.05) is 40.0 Å². The molecule has 0 saturated carbocycles. The van der Waals surface area contributed by atoms with Gasteiger partial charge in [0, 0.05) is 19.7 Å². The van der Waals surface area contributed by atoms with E-state index in [1.165, 1.54) is 44.9 Å². The van der Waals surface area contributed by atoms with Crippen molar-refractivity contribution in [3.8, 4) is 0 Å². The van der Waals surface area contributed by atoms with E-state index in [2.05, 4.69) is 6.92 Å². The smallest absolute Gasteiger partial charge is 0.0900 e. The quantitative estimate of drug-likeness (QED) is 0.455. The zero-order chi connectivity index (χ0) is 15.1. The van der Waals surface area contributed by atoms with Gasteiger partial charge < -0.3 is 19.8 Å². The highest BCUT2D eigenvalue weighted by molar-refractivity contribution is 4.60. The second-order valence-electron chi connectivity index (χ2n) is 5.69. The van der Waals surface area contributed by atoms with Gasteiger partial charge in [-0.05, 0) is 13.5 Å². The van der Waals surface area contributed by atoms with Gasteiger partial charge in [-0.1, -0.05) is 51.9 Å². The standard InChI is InChI=1S/C16H35NO3/c1-3-4-5-6-7-8-9-10-13-20-15-16(19)14-17(2)11-12-18/h16,18-19H,3-15H2,1-2H3. The van der Waals surface area contributed by atoms with E-state index < -0.39 is 6.10 Å². The average molecular weight is 289 g/mol. The van der Waals surface area contributed by atoms with Crippen molar-refractivity contribution < 1.29 is 14.9 Å². The topological polar surface area (TPSA) is 52.9 Å². The third-order valence-electron chi connectivity index (χ3n) is 3.46. The first-order valence-electron chi connectivity index (χ1n) is 8.26. The second-order valence-corrected chi connectivity index (χ2v) is 5.69. The van der Waals surface area contributed by atoms with Gasteiger partial charge in [0.15, 0.2) is 0 Å². The summed E-state index contributed by atoms with van der Waals surface area (Å²) in [7, 11) is 1.89. The van der Waals surface area contributed by atoms with Gasteiger partial charge in [0.2, 0.25) is 0 Å². The number of likely N-dealkylation sites (N-methyl/N-ethyl adjacent to an activating group) is 1. The fourth-order valence-corrected chi connectivity index (χ4v) is 2.23. The Morgan fingerprint density at radius 2 is 1.60 bits per heavy atom. The molecule has 0 aromatic heterocycles. The van der Waals surface area contributed by atoms with Crippen LogP contribution in [-0.4, -0.2) is 61.2 Å². The fraction of sp³-hybridized carbons (Fsp3) is 1.00. The van der Waals surface area contributed by atoms with E-state index >= 15 is 0 Å². The molecule has 20 heavy (non-hydrogen) atoms. The molecule has 0 bridgehead atoms. The summed E-state index contributed by atoms with van der Waals surface area (Å²) in [6.07, 6.45) is 9.92. The number of aliphatic hydroxyl groups is 2. The van der Waals surface area contributed by atoms with E-state index in [0.717, 1.165) is 13.0 Å². The lowest BCUT2D eigenvalue weighted by Gasteiger charge is -2.19. The number of hydrogen-bond donors (Lipinski definition) is 2. The lowest BCUT2D eigenvalue weighted by molar-refractivity contribution is 0.0176. The largest absolute Gasteiger partial charge is 0.395 e. The Labute approximate surface area is 125 Å². The van der Waals surface area contributed by atoms with Crippen LogP contribution >= 0.6 is 0 Å². The van der Waals surface area contributed by atoms with Crippen LogP contribution in [0.5, 0.6) is 0 Å². The lowest BCUT2D eigenvalue weighted by Crippen LogP contribution is -2.33. The van der Waals surface area contributed by atoms with Gasteiger partial charge in [-0.2, -0.15) is 0 Å². The monoisotopic (exact) mass is 289 g/mol. The van der Waals surface area contributed by atoms with Crippen LogP contribution in [0.3, 0.4) is 0 Å². The van der Waals surface area contributed by atoms with Crippen LogP contribution in [-0.2, 0) is 4.74 Å². The Balaban J connectivity index is 3.19. The highest BCUT2D eigenvalue weighted by Gasteiger charge is 2.07. The zero-order valence-electron chi connectivity index (χ0n) is 13.5. The van der Waals surface area contributed by atoms with Crippen molar-refractivity contribution in [1.82, 2.24) is 4.90 Å². The molecule has 1 unspecified atom stereocenters. The molecular formula is C16H35NO3. The SMILES string of the molecule is CCCCCCCCCCOCC(O)CN(C)CCO. The van der Waals surface area contributed by atoms with Crippen molar-refractivity contribution in [1.29, 1.82) is 0 Å². The minimum atomic E-state index is -0.458. The van der Waals surface area contributed by atoms with Gasteiger partial charge in [0.05, 0.1) is 19.3 Å². The van der Waals surface area contributed by atoms with Crippen molar-refractivity contribution in [3.05, 3.63) is 0 Å².